The molecule has 0 atom stereocenters. The van der Waals surface area contributed by atoms with E-state index in [2.05, 4.69) is 21.2 Å². The van der Waals surface area contributed by atoms with Crippen molar-refractivity contribution < 1.29 is 9.21 Å². The Morgan fingerprint density at radius 3 is 2.42 bits per heavy atom. The highest BCUT2D eigenvalue weighted by Crippen LogP contribution is 2.24. The third-order valence-electron chi connectivity index (χ3n) is 3.24. The summed E-state index contributed by atoms with van der Waals surface area (Å²) in [4.78, 5) is 12.3. The molecule has 3 nitrogen and oxygen atoms in total. The van der Waals surface area contributed by atoms with Gasteiger partial charge in [-0.3, -0.25) is 4.79 Å². The first-order valence-electron chi connectivity index (χ1n) is 6.04. The monoisotopic (exact) mass is 321 g/mol. The molecule has 0 aliphatic heterocycles. The van der Waals surface area contributed by atoms with Crippen molar-refractivity contribution >= 4 is 27.5 Å². The van der Waals surface area contributed by atoms with Crippen molar-refractivity contribution in [3.05, 3.63) is 50.9 Å². The third kappa shape index (κ3) is 2.73. The number of carbonyl (C=O) groups is 1. The SMILES string of the molecule is Cc1ccc(Br)cc1NC(=O)c1c(C)oc(C)c1C. The fourth-order valence-electron chi connectivity index (χ4n) is 2.04. The lowest BCUT2D eigenvalue weighted by molar-refractivity contribution is 0.102. The first kappa shape index (κ1) is 13.9. The first-order chi connectivity index (χ1) is 8.90. The van der Waals surface area contributed by atoms with Gasteiger partial charge in [0.25, 0.3) is 5.91 Å². The van der Waals surface area contributed by atoms with Gasteiger partial charge in [0, 0.05) is 15.7 Å². The molecule has 0 saturated heterocycles. The fourth-order valence-corrected chi connectivity index (χ4v) is 2.40. The van der Waals surface area contributed by atoms with Crippen LogP contribution in [-0.2, 0) is 0 Å². The molecular formula is C15H16BrNO2. The molecule has 0 spiro atoms. The number of hydrogen-bond acceptors (Lipinski definition) is 2. The van der Waals surface area contributed by atoms with E-state index in [-0.39, 0.29) is 5.91 Å². The van der Waals surface area contributed by atoms with Gasteiger partial charge in [0.15, 0.2) is 0 Å². The van der Waals surface area contributed by atoms with Gasteiger partial charge in [0.1, 0.15) is 11.5 Å². The molecule has 0 aliphatic rings. The summed E-state index contributed by atoms with van der Waals surface area (Å²) in [5, 5.41) is 2.93. The van der Waals surface area contributed by atoms with E-state index in [0.29, 0.717) is 11.3 Å². The predicted octanol–water partition coefficient (Wildman–Crippen LogP) is 4.53. The van der Waals surface area contributed by atoms with E-state index in [1.165, 1.54) is 0 Å². The summed E-state index contributed by atoms with van der Waals surface area (Å²) in [5.74, 6) is 1.31. The van der Waals surface area contributed by atoms with Crippen LogP contribution in [0.15, 0.2) is 27.1 Å². The molecule has 1 N–H and O–H groups in total. The number of carbonyl (C=O) groups excluding carboxylic acids is 1. The van der Waals surface area contributed by atoms with Gasteiger partial charge in [-0.05, 0) is 45.4 Å². The highest BCUT2D eigenvalue weighted by Gasteiger charge is 2.19. The standard InChI is InChI=1S/C15H16BrNO2/c1-8-5-6-12(16)7-13(8)17-15(18)14-9(2)10(3)19-11(14)4/h5-7H,1-4H3,(H,17,18). The molecule has 0 bridgehead atoms. The Labute approximate surface area is 121 Å². The van der Waals surface area contributed by atoms with E-state index < -0.39 is 0 Å². The molecule has 0 unspecified atom stereocenters. The molecule has 0 fully saturated rings. The van der Waals surface area contributed by atoms with E-state index in [4.69, 9.17) is 4.42 Å². The van der Waals surface area contributed by atoms with Crippen LogP contribution in [0.25, 0.3) is 0 Å². The Bertz CT molecular complexity index is 644. The number of benzene rings is 1. The number of halogens is 1. The number of hydrogen-bond donors (Lipinski definition) is 1. The van der Waals surface area contributed by atoms with E-state index in [0.717, 1.165) is 27.0 Å². The lowest BCUT2D eigenvalue weighted by atomic mass is 10.1. The lowest BCUT2D eigenvalue weighted by Crippen LogP contribution is -2.14. The van der Waals surface area contributed by atoms with Crippen LogP contribution in [0.1, 0.15) is 33.0 Å². The minimum absolute atomic E-state index is 0.131. The number of furan rings is 1. The Hall–Kier alpha value is -1.55. The van der Waals surface area contributed by atoms with Gasteiger partial charge in [-0.15, -0.1) is 0 Å². The average Bonchev–Trinajstić information content (AvgIpc) is 2.58. The normalized spacial score (nSPS) is 10.6. The van der Waals surface area contributed by atoms with Crippen LogP contribution in [0.3, 0.4) is 0 Å². The Morgan fingerprint density at radius 2 is 1.84 bits per heavy atom. The fraction of sp³-hybridized carbons (Fsp3) is 0.267. The van der Waals surface area contributed by atoms with Gasteiger partial charge < -0.3 is 9.73 Å². The molecule has 0 aliphatic carbocycles. The summed E-state index contributed by atoms with van der Waals surface area (Å²) in [6.45, 7) is 7.53. The molecule has 19 heavy (non-hydrogen) atoms. The predicted molar refractivity (Wildman–Crippen MR) is 79.8 cm³/mol. The molecule has 2 aromatic rings. The van der Waals surface area contributed by atoms with Crippen molar-refractivity contribution in [1.29, 1.82) is 0 Å². The largest absolute Gasteiger partial charge is 0.466 e. The molecule has 2 rings (SSSR count). The Morgan fingerprint density at radius 1 is 1.16 bits per heavy atom. The molecule has 0 radical (unpaired) electrons. The summed E-state index contributed by atoms with van der Waals surface area (Å²) in [6, 6.07) is 5.80. The summed E-state index contributed by atoms with van der Waals surface area (Å²) in [7, 11) is 0. The minimum Gasteiger partial charge on any atom is -0.466 e. The van der Waals surface area contributed by atoms with Crippen LogP contribution < -0.4 is 5.32 Å². The topological polar surface area (TPSA) is 42.2 Å². The maximum Gasteiger partial charge on any atom is 0.259 e. The van der Waals surface area contributed by atoms with Crippen LogP contribution in [0, 0.1) is 27.7 Å². The van der Waals surface area contributed by atoms with Crippen molar-refractivity contribution in [3.63, 3.8) is 0 Å². The summed E-state index contributed by atoms with van der Waals surface area (Å²) in [6.07, 6.45) is 0. The van der Waals surface area contributed by atoms with Crippen molar-refractivity contribution in [2.24, 2.45) is 0 Å². The second-order valence-corrected chi connectivity index (χ2v) is 5.54. The minimum atomic E-state index is -0.131. The molecule has 1 amide bonds. The average molecular weight is 322 g/mol. The van der Waals surface area contributed by atoms with Crippen LogP contribution in [0.4, 0.5) is 5.69 Å². The zero-order valence-corrected chi connectivity index (χ0v) is 13.0. The van der Waals surface area contributed by atoms with Crippen LogP contribution in [-0.4, -0.2) is 5.91 Å². The second-order valence-electron chi connectivity index (χ2n) is 4.63. The van der Waals surface area contributed by atoms with Gasteiger partial charge in [0.2, 0.25) is 0 Å². The van der Waals surface area contributed by atoms with E-state index in [1.54, 1.807) is 0 Å². The van der Waals surface area contributed by atoms with Crippen molar-refractivity contribution in [2.45, 2.75) is 27.7 Å². The van der Waals surface area contributed by atoms with Crippen LogP contribution in [0.5, 0.6) is 0 Å². The van der Waals surface area contributed by atoms with Crippen molar-refractivity contribution in [2.75, 3.05) is 5.32 Å². The number of anilines is 1. The molecule has 0 saturated carbocycles. The maximum absolute atomic E-state index is 12.3. The molecular weight excluding hydrogens is 306 g/mol. The van der Waals surface area contributed by atoms with Crippen LogP contribution >= 0.6 is 15.9 Å². The molecule has 1 aromatic heterocycles. The molecule has 100 valence electrons. The van der Waals surface area contributed by atoms with E-state index in [1.807, 2.05) is 45.9 Å². The van der Waals surface area contributed by atoms with Gasteiger partial charge in [-0.25, -0.2) is 0 Å². The number of rotatable bonds is 2. The third-order valence-corrected chi connectivity index (χ3v) is 3.73. The van der Waals surface area contributed by atoms with Gasteiger partial charge >= 0.3 is 0 Å². The highest BCUT2D eigenvalue weighted by atomic mass is 79.9. The Kier molecular flexibility index (Phi) is 3.80. The molecule has 1 heterocycles. The van der Waals surface area contributed by atoms with Gasteiger partial charge in [0.05, 0.1) is 5.56 Å². The molecule has 1 aromatic carbocycles. The quantitative estimate of drug-likeness (QED) is 0.883. The summed E-state index contributed by atoms with van der Waals surface area (Å²) in [5.41, 5.74) is 3.34. The lowest BCUT2D eigenvalue weighted by Gasteiger charge is -2.09. The number of aryl methyl sites for hydroxylation is 3. The van der Waals surface area contributed by atoms with Crippen LogP contribution in [0.2, 0.25) is 0 Å². The second kappa shape index (κ2) is 5.21. The van der Waals surface area contributed by atoms with E-state index >= 15 is 0 Å². The smallest absolute Gasteiger partial charge is 0.259 e. The van der Waals surface area contributed by atoms with Gasteiger partial charge in [-0.1, -0.05) is 22.0 Å². The molecule has 4 heteroatoms. The first-order valence-corrected chi connectivity index (χ1v) is 6.83. The maximum atomic E-state index is 12.3. The zero-order valence-electron chi connectivity index (χ0n) is 11.4. The number of amides is 1. The summed E-state index contributed by atoms with van der Waals surface area (Å²) >= 11 is 3.41. The number of nitrogens with one attached hydrogen (secondary N) is 1. The van der Waals surface area contributed by atoms with Crippen molar-refractivity contribution in [3.8, 4) is 0 Å². The van der Waals surface area contributed by atoms with E-state index in [9.17, 15) is 4.79 Å². The van der Waals surface area contributed by atoms with Crippen molar-refractivity contribution in [1.82, 2.24) is 0 Å². The van der Waals surface area contributed by atoms with Gasteiger partial charge in [-0.2, -0.15) is 0 Å². The zero-order chi connectivity index (χ0) is 14.2. The Balaban J connectivity index is 2.33. The highest BCUT2D eigenvalue weighted by molar-refractivity contribution is 9.10. The summed E-state index contributed by atoms with van der Waals surface area (Å²) < 4.78 is 6.42.